The van der Waals surface area contributed by atoms with E-state index in [0.29, 0.717) is 17.4 Å². The molecule has 2 aliphatic rings. The zero-order valence-corrected chi connectivity index (χ0v) is 16.3. The molecule has 1 aliphatic heterocycles. The molecule has 1 saturated heterocycles. The van der Waals surface area contributed by atoms with Crippen molar-refractivity contribution in [2.24, 2.45) is 0 Å². The lowest BCUT2D eigenvalue weighted by molar-refractivity contribution is 0.0908. The second-order valence-corrected chi connectivity index (χ2v) is 8.14. The Bertz CT molecular complexity index is 1030. The fourth-order valence-electron chi connectivity index (χ4n) is 4.08. The quantitative estimate of drug-likeness (QED) is 0.699. The highest BCUT2D eigenvalue weighted by atomic mass is 16.3. The number of imidazole rings is 1. The summed E-state index contributed by atoms with van der Waals surface area (Å²) in [6.07, 6.45) is 7.68. The average molecular weight is 391 g/mol. The van der Waals surface area contributed by atoms with Crippen LogP contribution in [0.3, 0.4) is 0 Å². The SMILES string of the molecule is O=C(NC1CCN(Cc2cccc(O)c2)CC1)c1cnc2c(c1)ncn2C1CC1. The minimum absolute atomic E-state index is 0.0770. The van der Waals surface area contributed by atoms with Crippen molar-refractivity contribution in [3.63, 3.8) is 0 Å². The van der Waals surface area contributed by atoms with E-state index < -0.39 is 0 Å². The fraction of sp³-hybridized carbons (Fsp3) is 0.409. The lowest BCUT2D eigenvalue weighted by Crippen LogP contribution is -2.44. The first-order valence-corrected chi connectivity index (χ1v) is 10.3. The number of benzene rings is 1. The van der Waals surface area contributed by atoms with Gasteiger partial charge in [-0.3, -0.25) is 9.69 Å². The number of carbonyl (C=O) groups is 1. The average Bonchev–Trinajstić information content (AvgIpc) is 3.48. The van der Waals surface area contributed by atoms with Crippen molar-refractivity contribution in [1.82, 2.24) is 24.8 Å². The number of hydrogen-bond acceptors (Lipinski definition) is 5. The maximum atomic E-state index is 12.7. The maximum Gasteiger partial charge on any atom is 0.253 e. The van der Waals surface area contributed by atoms with E-state index in [4.69, 9.17) is 0 Å². The van der Waals surface area contributed by atoms with Gasteiger partial charge in [-0.1, -0.05) is 12.1 Å². The van der Waals surface area contributed by atoms with Crippen LogP contribution in [0.1, 0.15) is 47.6 Å². The third kappa shape index (κ3) is 3.96. The van der Waals surface area contributed by atoms with E-state index in [9.17, 15) is 9.90 Å². The molecule has 1 amide bonds. The van der Waals surface area contributed by atoms with Crippen molar-refractivity contribution in [3.05, 3.63) is 54.0 Å². The van der Waals surface area contributed by atoms with Crippen molar-refractivity contribution in [1.29, 1.82) is 0 Å². The molecule has 1 aliphatic carbocycles. The van der Waals surface area contributed by atoms with E-state index in [1.807, 2.05) is 30.6 Å². The Morgan fingerprint density at radius 1 is 1.14 bits per heavy atom. The number of aromatic hydroxyl groups is 1. The molecule has 1 saturated carbocycles. The first-order valence-electron chi connectivity index (χ1n) is 10.3. The Kier molecular flexibility index (Phi) is 4.67. The van der Waals surface area contributed by atoms with Crippen LogP contribution in [0.5, 0.6) is 5.75 Å². The number of nitrogens with one attached hydrogen (secondary N) is 1. The highest BCUT2D eigenvalue weighted by molar-refractivity contribution is 5.96. The lowest BCUT2D eigenvalue weighted by atomic mass is 10.0. The van der Waals surface area contributed by atoms with Crippen LogP contribution in [0.15, 0.2) is 42.9 Å². The van der Waals surface area contributed by atoms with Crippen molar-refractivity contribution in [2.75, 3.05) is 13.1 Å². The molecule has 2 N–H and O–H groups in total. The smallest absolute Gasteiger partial charge is 0.253 e. The summed E-state index contributed by atoms with van der Waals surface area (Å²) in [6, 6.07) is 9.93. The zero-order valence-electron chi connectivity index (χ0n) is 16.3. The Morgan fingerprint density at radius 2 is 1.97 bits per heavy atom. The van der Waals surface area contributed by atoms with Crippen LogP contribution in [-0.2, 0) is 6.54 Å². The largest absolute Gasteiger partial charge is 0.508 e. The number of piperidine rings is 1. The van der Waals surface area contributed by atoms with Crippen LogP contribution in [0.25, 0.3) is 11.2 Å². The van der Waals surface area contributed by atoms with Gasteiger partial charge in [-0.15, -0.1) is 0 Å². The van der Waals surface area contributed by atoms with Crippen LogP contribution < -0.4 is 5.32 Å². The summed E-state index contributed by atoms with van der Waals surface area (Å²) in [5, 5.41) is 12.8. The number of phenolic OH excluding ortho intramolecular Hbond substituents is 1. The van der Waals surface area contributed by atoms with E-state index in [-0.39, 0.29) is 11.9 Å². The molecule has 7 nitrogen and oxygen atoms in total. The summed E-state index contributed by atoms with van der Waals surface area (Å²) in [5.74, 6) is 0.226. The van der Waals surface area contributed by atoms with E-state index in [1.54, 1.807) is 12.3 Å². The summed E-state index contributed by atoms with van der Waals surface area (Å²) in [4.78, 5) is 24.0. The summed E-state index contributed by atoms with van der Waals surface area (Å²) >= 11 is 0. The number of amides is 1. The molecule has 3 heterocycles. The number of nitrogens with zero attached hydrogens (tertiary/aromatic N) is 4. The van der Waals surface area contributed by atoms with E-state index in [0.717, 1.165) is 49.2 Å². The van der Waals surface area contributed by atoms with Crippen molar-refractivity contribution in [3.8, 4) is 5.75 Å². The van der Waals surface area contributed by atoms with Gasteiger partial charge >= 0.3 is 0 Å². The van der Waals surface area contributed by atoms with Gasteiger partial charge in [-0.2, -0.15) is 0 Å². The number of hydrogen-bond donors (Lipinski definition) is 2. The Labute approximate surface area is 169 Å². The molecule has 2 aromatic heterocycles. The molecule has 29 heavy (non-hydrogen) atoms. The van der Waals surface area contributed by atoms with Crippen LogP contribution in [0.4, 0.5) is 0 Å². The summed E-state index contributed by atoms with van der Waals surface area (Å²) in [6.45, 7) is 2.66. The number of pyridine rings is 1. The van der Waals surface area contributed by atoms with Gasteiger partial charge in [0.15, 0.2) is 5.65 Å². The van der Waals surface area contributed by atoms with Gasteiger partial charge < -0.3 is 15.0 Å². The summed E-state index contributed by atoms with van der Waals surface area (Å²) in [7, 11) is 0. The predicted octanol–water partition coefficient (Wildman–Crippen LogP) is 2.87. The Hall–Kier alpha value is -2.93. The van der Waals surface area contributed by atoms with Crippen LogP contribution >= 0.6 is 0 Å². The first kappa shape index (κ1) is 18.1. The topological polar surface area (TPSA) is 83.3 Å². The maximum absolute atomic E-state index is 12.7. The van der Waals surface area contributed by atoms with Crippen LogP contribution in [0, 0.1) is 0 Å². The van der Waals surface area contributed by atoms with Gasteiger partial charge in [0.25, 0.3) is 5.91 Å². The molecule has 150 valence electrons. The standard InChI is InChI=1S/C22H25N5O2/c28-19-3-1-2-15(10-19)13-26-8-6-17(7-9-26)25-22(29)16-11-20-21(23-12-16)27(14-24-20)18-4-5-18/h1-3,10-12,14,17-18,28H,4-9,13H2,(H,25,29). The molecule has 0 bridgehead atoms. The molecule has 7 heteroatoms. The number of aromatic nitrogens is 3. The van der Waals surface area contributed by atoms with Crippen molar-refractivity contribution >= 4 is 17.1 Å². The molecule has 2 fully saturated rings. The minimum atomic E-state index is -0.0770. The van der Waals surface area contributed by atoms with Crippen LogP contribution in [0.2, 0.25) is 0 Å². The van der Waals surface area contributed by atoms with Crippen molar-refractivity contribution < 1.29 is 9.90 Å². The highest BCUT2D eigenvalue weighted by Gasteiger charge is 2.26. The van der Waals surface area contributed by atoms with E-state index in [1.165, 1.54) is 12.8 Å². The number of likely N-dealkylation sites (tertiary alicyclic amines) is 1. The van der Waals surface area contributed by atoms with Gasteiger partial charge in [0.05, 0.1) is 11.9 Å². The summed E-state index contributed by atoms with van der Waals surface area (Å²) < 4.78 is 2.11. The van der Waals surface area contributed by atoms with Crippen LogP contribution in [-0.4, -0.2) is 49.6 Å². The number of carbonyl (C=O) groups excluding carboxylic acids is 1. The van der Waals surface area contributed by atoms with Gasteiger partial charge in [-0.25, -0.2) is 9.97 Å². The number of fused-ring (bicyclic) bond motifs is 1. The molecule has 0 atom stereocenters. The minimum Gasteiger partial charge on any atom is -0.508 e. The monoisotopic (exact) mass is 391 g/mol. The third-order valence-electron chi connectivity index (χ3n) is 5.86. The molecule has 0 unspecified atom stereocenters. The fourth-order valence-corrected chi connectivity index (χ4v) is 4.08. The van der Waals surface area contributed by atoms with Gasteiger partial charge in [0.1, 0.15) is 11.3 Å². The molecule has 3 aromatic rings. The Balaban J connectivity index is 1.17. The zero-order chi connectivity index (χ0) is 19.8. The number of phenols is 1. The first-order chi connectivity index (χ1) is 14.2. The van der Waals surface area contributed by atoms with E-state index in [2.05, 4.69) is 24.8 Å². The molecule has 0 spiro atoms. The summed E-state index contributed by atoms with van der Waals surface area (Å²) in [5.41, 5.74) is 3.33. The predicted molar refractivity (Wildman–Crippen MR) is 110 cm³/mol. The van der Waals surface area contributed by atoms with Gasteiger partial charge in [0, 0.05) is 37.9 Å². The molecule has 0 radical (unpaired) electrons. The van der Waals surface area contributed by atoms with E-state index >= 15 is 0 Å². The second kappa shape index (κ2) is 7.48. The molecule has 5 rings (SSSR count). The third-order valence-corrected chi connectivity index (χ3v) is 5.86. The lowest BCUT2D eigenvalue weighted by Gasteiger charge is -2.32. The van der Waals surface area contributed by atoms with Gasteiger partial charge in [-0.05, 0) is 49.4 Å². The highest BCUT2D eigenvalue weighted by Crippen LogP contribution is 2.36. The normalized spacial score (nSPS) is 18.2. The van der Waals surface area contributed by atoms with Gasteiger partial charge in [0.2, 0.25) is 0 Å². The van der Waals surface area contributed by atoms with Crippen molar-refractivity contribution in [2.45, 2.75) is 44.3 Å². The molecule has 1 aromatic carbocycles. The second-order valence-electron chi connectivity index (χ2n) is 8.14. The molecular formula is C22H25N5O2. The molecular weight excluding hydrogens is 366 g/mol. The Morgan fingerprint density at radius 3 is 2.72 bits per heavy atom. The number of rotatable bonds is 5.